The SMILES string of the molecule is Cc1ccc(S(=O)(=O)N(CC(=O)Nc2ccc(Oc3ccccc3)cc2)c2ccc(C)c(C)c2)cc1. The van der Waals surface area contributed by atoms with E-state index in [1.54, 1.807) is 60.7 Å². The Morgan fingerprint density at radius 1 is 0.778 bits per heavy atom. The van der Waals surface area contributed by atoms with Gasteiger partial charge in [-0.2, -0.15) is 0 Å². The zero-order valence-corrected chi connectivity index (χ0v) is 21.2. The second-order valence-electron chi connectivity index (χ2n) is 8.58. The fourth-order valence-electron chi connectivity index (χ4n) is 3.60. The topological polar surface area (TPSA) is 75.7 Å². The van der Waals surface area contributed by atoms with Gasteiger partial charge in [-0.05, 0) is 92.6 Å². The number of benzene rings is 4. The average Bonchev–Trinajstić information content (AvgIpc) is 2.86. The van der Waals surface area contributed by atoms with E-state index in [0.717, 1.165) is 21.0 Å². The third kappa shape index (κ3) is 5.93. The monoisotopic (exact) mass is 500 g/mol. The van der Waals surface area contributed by atoms with Gasteiger partial charge >= 0.3 is 0 Å². The smallest absolute Gasteiger partial charge is 0.264 e. The molecule has 0 saturated carbocycles. The van der Waals surface area contributed by atoms with Crippen LogP contribution in [0.15, 0.2) is 102 Å². The minimum absolute atomic E-state index is 0.126. The molecule has 4 rings (SSSR count). The van der Waals surface area contributed by atoms with Gasteiger partial charge in [-0.3, -0.25) is 9.10 Å². The van der Waals surface area contributed by atoms with Crippen molar-refractivity contribution < 1.29 is 17.9 Å². The van der Waals surface area contributed by atoms with Crippen LogP contribution in [0, 0.1) is 20.8 Å². The molecule has 1 amide bonds. The highest BCUT2D eigenvalue weighted by Gasteiger charge is 2.27. The molecule has 0 saturated heterocycles. The lowest BCUT2D eigenvalue weighted by molar-refractivity contribution is -0.114. The van der Waals surface area contributed by atoms with Gasteiger partial charge in [0.05, 0.1) is 10.6 Å². The summed E-state index contributed by atoms with van der Waals surface area (Å²) >= 11 is 0. The molecule has 0 aliphatic rings. The Hall–Kier alpha value is -4.10. The number of ether oxygens (including phenoxy) is 1. The molecule has 0 unspecified atom stereocenters. The number of nitrogens with zero attached hydrogens (tertiary/aromatic N) is 1. The zero-order valence-electron chi connectivity index (χ0n) is 20.4. The number of amides is 1. The summed E-state index contributed by atoms with van der Waals surface area (Å²) in [5, 5.41) is 2.79. The number of hydrogen-bond donors (Lipinski definition) is 1. The number of sulfonamides is 1. The summed E-state index contributed by atoms with van der Waals surface area (Å²) in [5.41, 5.74) is 3.89. The number of carbonyl (C=O) groups is 1. The first-order valence-electron chi connectivity index (χ1n) is 11.5. The predicted molar refractivity (Wildman–Crippen MR) is 143 cm³/mol. The zero-order chi connectivity index (χ0) is 25.7. The Bertz CT molecular complexity index is 1450. The Labute approximate surface area is 212 Å². The number of carbonyl (C=O) groups excluding carboxylic acids is 1. The van der Waals surface area contributed by atoms with Crippen molar-refractivity contribution in [3.63, 3.8) is 0 Å². The number of aryl methyl sites for hydroxylation is 3. The summed E-state index contributed by atoms with van der Waals surface area (Å²) < 4.78 is 34.1. The molecule has 0 fully saturated rings. The third-order valence-electron chi connectivity index (χ3n) is 5.79. The van der Waals surface area contributed by atoms with Crippen molar-refractivity contribution in [3.8, 4) is 11.5 Å². The summed E-state index contributed by atoms with van der Waals surface area (Å²) in [4.78, 5) is 13.1. The summed E-state index contributed by atoms with van der Waals surface area (Å²) in [5.74, 6) is 0.873. The molecule has 1 N–H and O–H groups in total. The minimum Gasteiger partial charge on any atom is -0.457 e. The molecule has 0 bridgehead atoms. The van der Waals surface area contributed by atoms with Crippen molar-refractivity contribution in [3.05, 3.63) is 114 Å². The Balaban J connectivity index is 1.55. The predicted octanol–water partition coefficient (Wildman–Crippen LogP) is 6.24. The van der Waals surface area contributed by atoms with Gasteiger partial charge in [0.1, 0.15) is 18.0 Å². The lowest BCUT2D eigenvalue weighted by atomic mass is 10.1. The van der Waals surface area contributed by atoms with E-state index < -0.39 is 15.9 Å². The van der Waals surface area contributed by atoms with Crippen LogP contribution in [0.25, 0.3) is 0 Å². The fourth-order valence-corrected chi connectivity index (χ4v) is 5.01. The molecular formula is C29H28N2O4S. The van der Waals surface area contributed by atoms with E-state index in [2.05, 4.69) is 5.32 Å². The summed E-state index contributed by atoms with van der Waals surface area (Å²) in [6, 6.07) is 28.2. The van der Waals surface area contributed by atoms with Gasteiger partial charge in [-0.1, -0.05) is 42.0 Å². The van der Waals surface area contributed by atoms with Crippen molar-refractivity contribution in [2.75, 3.05) is 16.2 Å². The van der Waals surface area contributed by atoms with Crippen LogP contribution in [0.3, 0.4) is 0 Å². The maximum absolute atomic E-state index is 13.6. The van der Waals surface area contributed by atoms with E-state index in [-0.39, 0.29) is 11.4 Å². The van der Waals surface area contributed by atoms with Crippen LogP contribution in [0.1, 0.15) is 16.7 Å². The highest BCUT2D eigenvalue weighted by atomic mass is 32.2. The molecule has 184 valence electrons. The molecule has 0 aliphatic heterocycles. The molecular weight excluding hydrogens is 472 g/mol. The normalized spacial score (nSPS) is 11.1. The lowest BCUT2D eigenvalue weighted by Gasteiger charge is -2.25. The number of nitrogens with one attached hydrogen (secondary N) is 1. The van der Waals surface area contributed by atoms with Crippen LogP contribution in [0.2, 0.25) is 0 Å². The van der Waals surface area contributed by atoms with Crippen LogP contribution in [0.5, 0.6) is 11.5 Å². The fraction of sp³-hybridized carbons (Fsp3) is 0.138. The van der Waals surface area contributed by atoms with Crippen molar-refractivity contribution >= 4 is 27.3 Å². The van der Waals surface area contributed by atoms with Gasteiger partial charge in [-0.15, -0.1) is 0 Å². The highest BCUT2D eigenvalue weighted by molar-refractivity contribution is 7.92. The average molecular weight is 501 g/mol. The molecule has 36 heavy (non-hydrogen) atoms. The molecule has 7 heteroatoms. The van der Waals surface area contributed by atoms with Crippen LogP contribution in [-0.4, -0.2) is 20.9 Å². The summed E-state index contributed by atoms with van der Waals surface area (Å²) in [6.45, 7) is 5.38. The molecule has 0 spiro atoms. The number of hydrogen-bond acceptors (Lipinski definition) is 4. The molecule has 0 aliphatic carbocycles. The summed E-state index contributed by atoms with van der Waals surface area (Å²) in [6.07, 6.45) is 0. The van der Waals surface area contributed by atoms with Gasteiger partial charge in [0, 0.05) is 5.69 Å². The Morgan fingerprint density at radius 3 is 2.06 bits per heavy atom. The van der Waals surface area contributed by atoms with Crippen molar-refractivity contribution in [1.82, 2.24) is 0 Å². The second kappa shape index (κ2) is 10.7. The second-order valence-corrected chi connectivity index (χ2v) is 10.4. The molecule has 0 heterocycles. The summed E-state index contributed by atoms with van der Waals surface area (Å²) in [7, 11) is -3.98. The number of para-hydroxylation sites is 1. The molecule has 6 nitrogen and oxygen atoms in total. The standard InChI is InChI=1S/C29H28N2O4S/c1-21-9-17-28(18-10-21)36(33,34)31(25-14-11-22(2)23(3)19-25)20-29(32)30-24-12-15-27(16-13-24)35-26-7-5-4-6-8-26/h4-19H,20H2,1-3H3,(H,30,32). The molecule has 0 aromatic heterocycles. The van der Waals surface area contributed by atoms with Crippen LogP contribution < -0.4 is 14.4 Å². The Kier molecular flexibility index (Phi) is 7.41. The van der Waals surface area contributed by atoms with E-state index in [4.69, 9.17) is 4.74 Å². The van der Waals surface area contributed by atoms with E-state index >= 15 is 0 Å². The van der Waals surface area contributed by atoms with Crippen molar-refractivity contribution in [2.24, 2.45) is 0 Å². The van der Waals surface area contributed by atoms with Gasteiger partial charge in [-0.25, -0.2) is 8.42 Å². The maximum atomic E-state index is 13.6. The Morgan fingerprint density at radius 2 is 1.42 bits per heavy atom. The van der Waals surface area contributed by atoms with E-state index in [0.29, 0.717) is 22.9 Å². The maximum Gasteiger partial charge on any atom is 0.264 e. The highest BCUT2D eigenvalue weighted by Crippen LogP contribution is 2.27. The van der Waals surface area contributed by atoms with E-state index in [9.17, 15) is 13.2 Å². The van der Waals surface area contributed by atoms with Gasteiger partial charge < -0.3 is 10.1 Å². The lowest BCUT2D eigenvalue weighted by Crippen LogP contribution is -2.38. The van der Waals surface area contributed by atoms with Crippen molar-refractivity contribution in [1.29, 1.82) is 0 Å². The van der Waals surface area contributed by atoms with Crippen molar-refractivity contribution in [2.45, 2.75) is 25.7 Å². The first kappa shape index (κ1) is 25.0. The minimum atomic E-state index is -3.98. The number of anilines is 2. The first-order chi connectivity index (χ1) is 17.2. The van der Waals surface area contributed by atoms with E-state index in [1.807, 2.05) is 57.2 Å². The quantitative estimate of drug-likeness (QED) is 0.311. The van der Waals surface area contributed by atoms with Crippen LogP contribution in [0.4, 0.5) is 11.4 Å². The molecule has 4 aromatic carbocycles. The first-order valence-corrected chi connectivity index (χ1v) is 13.0. The molecule has 4 aromatic rings. The van der Waals surface area contributed by atoms with Gasteiger partial charge in [0.2, 0.25) is 5.91 Å². The molecule has 0 atom stereocenters. The van der Waals surface area contributed by atoms with Gasteiger partial charge in [0.25, 0.3) is 10.0 Å². The van der Waals surface area contributed by atoms with Gasteiger partial charge in [0.15, 0.2) is 0 Å². The third-order valence-corrected chi connectivity index (χ3v) is 7.58. The molecule has 0 radical (unpaired) electrons. The van der Waals surface area contributed by atoms with E-state index in [1.165, 1.54) is 0 Å². The van der Waals surface area contributed by atoms with Crippen LogP contribution in [-0.2, 0) is 14.8 Å². The largest absolute Gasteiger partial charge is 0.457 e. The number of rotatable bonds is 8. The van der Waals surface area contributed by atoms with Crippen LogP contribution >= 0.6 is 0 Å².